The number of nitrogens with one attached hydrogen (secondary N) is 1. The van der Waals surface area contributed by atoms with Gasteiger partial charge in [-0.05, 0) is 54.1 Å². The third-order valence-electron chi connectivity index (χ3n) is 4.23. The first-order chi connectivity index (χ1) is 14.2. The van der Waals surface area contributed by atoms with Crippen LogP contribution in [0.15, 0.2) is 66.7 Å². The Bertz CT molecular complexity index is 1170. The molecule has 0 saturated carbocycles. The SMILES string of the molecule is CC(OC(=O)COc1ccc2ccccc2c1)C(=O)c1ccc(NS(C)(=O)=O)cc1. The number of Topliss-reactive ketones (excluding diaryl/α,β-unsaturated/α-hetero) is 1. The van der Waals surface area contributed by atoms with Crippen LogP contribution in [0.25, 0.3) is 10.8 Å². The zero-order valence-electron chi connectivity index (χ0n) is 16.5. The molecule has 0 spiro atoms. The molecule has 0 aliphatic rings. The number of hydrogen-bond donors (Lipinski definition) is 1. The van der Waals surface area contributed by atoms with Crippen LogP contribution in [0.1, 0.15) is 17.3 Å². The van der Waals surface area contributed by atoms with E-state index in [1.807, 2.05) is 36.4 Å². The van der Waals surface area contributed by atoms with Crippen molar-refractivity contribution in [3.8, 4) is 5.75 Å². The molecule has 3 aromatic rings. The molecular formula is C22H21NO6S. The number of carbonyl (C=O) groups excluding carboxylic acids is 2. The number of ketones is 1. The Balaban J connectivity index is 1.54. The van der Waals surface area contributed by atoms with E-state index in [4.69, 9.17) is 9.47 Å². The van der Waals surface area contributed by atoms with Crippen molar-refractivity contribution in [2.24, 2.45) is 0 Å². The van der Waals surface area contributed by atoms with Gasteiger partial charge in [0.25, 0.3) is 0 Å². The molecule has 156 valence electrons. The number of anilines is 1. The van der Waals surface area contributed by atoms with Gasteiger partial charge in [-0.3, -0.25) is 9.52 Å². The van der Waals surface area contributed by atoms with Gasteiger partial charge in [0.15, 0.2) is 12.7 Å². The van der Waals surface area contributed by atoms with Crippen LogP contribution in [0.5, 0.6) is 5.75 Å². The number of esters is 1. The third kappa shape index (κ3) is 5.81. The van der Waals surface area contributed by atoms with Crippen molar-refractivity contribution in [2.45, 2.75) is 13.0 Å². The van der Waals surface area contributed by atoms with Gasteiger partial charge in [-0.25, -0.2) is 13.2 Å². The topological polar surface area (TPSA) is 98.8 Å². The fourth-order valence-corrected chi connectivity index (χ4v) is 3.40. The van der Waals surface area contributed by atoms with E-state index in [1.165, 1.54) is 31.2 Å². The third-order valence-corrected chi connectivity index (χ3v) is 4.83. The van der Waals surface area contributed by atoms with E-state index in [0.29, 0.717) is 17.0 Å². The summed E-state index contributed by atoms with van der Waals surface area (Å²) in [6.45, 7) is 1.14. The fourth-order valence-electron chi connectivity index (χ4n) is 2.84. The second-order valence-electron chi connectivity index (χ2n) is 6.75. The van der Waals surface area contributed by atoms with E-state index >= 15 is 0 Å². The van der Waals surface area contributed by atoms with Gasteiger partial charge >= 0.3 is 5.97 Å². The Kier molecular flexibility index (Phi) is 6.37. The van der Waals surface area contributed by atoms with Gasteiger partial charge in [0.1, 0.15) is 5.75 Å². The van der Waals surface area contributed by atoms with Crippen LogP contribution < -0.4 is 9.46 Å². The highest BCUT2D eigenvalue weighted by Crippen LogP contribution is 2.20. The van der Waals surface area contributed by atoms with Crippen LogP contribution in [0.4, 0.5) is 5.69 Å². The fraction of sp³-hybridized carbons (Fsp3) is 0.182. The standard InChI is InChI=1S/C22H21NO6S/c1-15(22(25)17-7-10-19(11-8-17)23-30(2,26)27)29-21(24)14-28-20-12-9-16-5-3-4-6-18(16)13-20/h3-13,15,23H,14H2,1-2H3. The maximum atomic E-state index is 12.4. The number of rotatable bonds is 8. The van der Waals surface area contributed by atoms with Gasteiger partial charge in [0.2, 0.25) is 15.8 Å². The lowest BCUT2D eigenvalue weighted by Crippen LogP contribution is -2.27. The Morgan fingerprint density at radius 3 is 2.30 bits per heavy atom. The summed E-state index contributed by atoms with van der Waals surface area (Å²) >= 11 is 0. The smallest absolute Gasteiger partial charge is 0.344 e. The zero-order chi connectivity index (χ0) is 21.7. The summed E-state index contributed by atoms with van der Waals surface area (Å²) in [5, 5.41) is 2.05. The van der Waals surface area contributed by atoms with Gasteiger partial charge in [-0.1, -0.05) is 30.3 Å². The predicted molar refractivity (Wildman–Crippen MR) is 114 cm³/mol. The lowest BCUT2D eigenvalue weighted by molar-refractivity contribution is -0.148. The maximum Gasteiger partial charge on any atom is 0.344 e. The van der Waals surface area contributed by atoms with Crippen LogP contribution >= 0.6 is 0 Å². The summed E-state index contributed by atoms with van der Waals surface area (Å²) in [6, 6.07) is 19.1. The van der Waals surface area contributed by atoms with Crippen LogP contribution in [0.3, 0.4) is 0 Å². The number of sulfonamides is 1. The number of hydrogen-bond acceptors (Lipinski definition) is 6. The highest BCUT2D eigenvalue weighted by atomic mass is 32.2. The van der Waals surface area contributed by atoms with Crippen LogP contribution in [0.2, 0.25) is 0 Å². The van der Waals surface area contributed by atoms with Crippen LogP contribution in [-0.4, -0.2) is 39.1 Å². The molecule has 0 aliphatic carbocycles. The molecule has 1 N–H and O–H groups in total. The first-order valence-corrected chi connectivity index (χ1v) is 11.0. The number of carbonyl (C=O) groups is 2. The van der Waals surface area contributed by atoms with Gasteiger partial charge in [-0.2, -0.15) is 0 Å². The van der Waals surface area contributed by atoms with Gasteiger partial charge in [0.05, 0.1) is 6.26 Å². The van der Waals surface area contributed by atoms with Crippen molar-refractivity contribution in [1.29, 1.82) is 0 Å². The Morgan fingerprint density at radius 1 is 0.967 bits per heavy atom. The molecule has 1 atom stereocenters. The zero-order valence-corrected chi connectivity index (χ0v) is 17.3. The lowest BCUT2D eigenvalue weighted by Gasteiger charge is -2.13. The summed E-state index contributed by atoms with van der Waals surface area (Å²) in [4.78, 5) is 24.5. The van der Waals surface area contributed by atoms with Gasteiger partial charge < -0.3 is 9.47 Å². The molecule has 3 rings (SSSR count). The average Bonchev–Trinajstić information content (AvgIpc) is 2.71. The molecule has 3 aromatic carbocycles. The molecule has 0 heterocycles. The molecule has 7 nitrogen and oxygen atoms in total. The first kappa shape index (κ1) is 21.3. The summed E-state index contributed by atoms with van der Waals surface area (Å²) in [6.07, 6.45) is 0.0274. The number of ether oxygens (including phenoxy) is 2. The molecule has 0 aromatic heterocycles. The summed E-state index contributed by atoms with van der Waals surface area (Å²) < 4.78 is 35.4. The van der Waals surface area contributed by atoms with E-state index in [1.54, 1.807) is 6.07 Å². The number of benzene rings is 3. The first-order valence-electron chi connectivity index (χ1n) is 9.14. The Labute approximate surface area is 174 Å². The maximum absolute atomic E-state index is 12.4. The van der Waals surface area contributed by atoms with Crippen molar-refractivity contribution in [1.82, 2.24) is 0 Å². The highest BCUT2D eigenvalue weighted by Gasteiger charge is 2.20. The largest absolute Gasteiger partial charge is 0.482 e. The van der Waals surface area contributed by atoms with E-state index in [-0.39, 0.29) is 6.61 Å². The second kappa shape index (κ2) is 8.96. The Morgan fingerprint density at radius 2 is 1.63 bits per heavy atom. The monoisotopic (exact) mass is 427 g/mol. The van der Waals surface area contributed by atoms with Crippen molar-refractivity contribution in [3.05, 3.63) is 72.3 Å². The van der Waals surface area contributed by atoms with Gasteiger partial charge in [0, 0.05) is 11.3 Å². The molecule has 1 unspecified atom stereocenters. The minimum Gasteiger partial charge on any atom is -0.482 e. The molecule has 0 saturated heterocycles. The molecule has 30 heavy (non-hydrogen) atoms. The van der Waals surface area contributed by atoms with Crippen molar-refractivity contribution in [3.63, 3.8) is 0 Å². The van der Waals surface area contributed by atoms with Crippen molar-refractivity contribution < 1.29 is 27.5 Å². The van der Waals surface area contributed by atoms with Crippen LogP contribution in [0, 0.1) is 0 Å². The minimum absolute atomic E-state index is 0.296. The highest BCUT2D eigenvalue weighted by molar-refractivity contribution is 7.92. The minimum atomic E-state index is -3.40. The second-order valence-corrected chi connectivity index (χ2v) is 8.49. The molecule has 0 aliphatic heterocycles. The van der Waals surface area contributed by atoms with E-state index in [2.05, 4.69) is 4.72 Å². The summed E-state index contributed by atoms with van der Waals surface area (Å²) in [7, 11) is -3.40. The summed E-state index contributed by atoms with van der Waals surface area (Å²) in [5.74, 6) is -0.544. The summed E-state index contributed by atoms with van der Waals surface area (Å²) in [5.41, 5.74) is 0.632. The van der Waals surface area contributed by atoms with Crippen molar-refractivity contribution >= 4 is 38.2 Å². The van der Waals surface area contributed by atoms with Gasteiger partial charge in [-0.15, -0.1) is 0 Å². The average molecular weight is 427 g/mol. The molecule has 8 heteroatoms. The van der Waals surface area contributed by atoms with Crippen LogP contribution in [-0.2, 0) is 19.6 Å². The molecule has 0 radical (unpaired) electrons. The Hall–Kier alpha value is -3.39. The molecular weight excluding hydrogens is 406 g/mol. The predicted octanol–water partition coefficient (Wildman–Crippen LogP) is 3.40. The van der Waals surface area contributed by atoms with E-state index in [9.17, 15) is 18.0 Å². The molecule has 0 fully saturated rings. The molecule has 0 amide bonds. The van der Waals surface area contributed by atoms with Crippen molar-refractivity contribution in [2.75, 3.05) is 17.6 Å². The quantitative estimate of drug-likeness (QED) is 0.437. The lowest BCUT2D eigenvalue weighted by atomic mass is 10.1. The normalized spacial score (nSPS) is 12.2. The number of fused-ring (bicyclic) bond motifs is 1. The van der Waals surface area contributed by atoms with E-state index < -0.39 is 27.9 Å². The van der Waals surface area contributed by atoms with E-state index in [0.717, 1.165) is 17.0 Å². The molecule has 0 bridgehead atoms.